The van der Waals surface area contributed by atoms with Gasteiger partial charge in [0, 0.05) is 0 Å². The summed E-state index contributed by atoms with van der Waals surface area (Å²) in [4.78, 5) is 29.3. The van der Waals surface area contributed by atoms with Crippen molar-refractivity contribution in [3.05, 3.63) is 28.8 Å². The van der Waals surface area contributed by atoms with Crippen molar-refractivity contribution in [1.82, 2.24) is 0 Å². The standard InChI is InChI=1S/C18H32O3P/c1-8-9-10-14-15(17(2,3)4)11-13(22(19,20)21)12-16(14)18(5,6)7/h11-12,19-21H,8-10H2,1-7H3/q+1. The van der Waals surface area contributed by atoms with Crippen LogP contribution in [0.2, 0.25) is 0 Å². The number of unbranched alkanes of at least 4 members (excludes halogenated alkanes) is 1. The Bertz CT molecular complexity index is 482. The minimum atomic E-state index is -4.01. The van der Waals surface area contributed by atoms with Crippen LogP contribution in [0.5, 0.6) is 0 Å². The Morgan fingerprint density at radius 2 is 1.27 bits per heavy atom. The van der Waals surface area contributed by atoms with Crippen molar-refractivity contribution >= 4 is 13.2 Å². The molecule has 0 saturated carbocycles. The van der Waals surface area contributed by atoms with Crippen LogP contribution >= 0.6 is 7.94 Å². The molecule has 0 unspecified atom stereocenters. The summed E-state index contributed by atoms with van der Waals surface area (Å²) in [7, 11) is -4.01. The van der Waals surface area contributed by atoms with E-state index in [-0.39, 0.29) is 16.1 Å². The summed E-state index contributed by atoms with van der Waals surface area (Å²) in [6.45, 7) is 14.9. The van der Waals surface area contributed by atoms with Gasteiger partial charge in [0.25, 0.3) is 0 Å². The van der Waals surface area contributed by atoms with Gasteiger partial charge in [-0.1, -0.05) is 54.9 Å². The highest BCUT2D eigenvalue weighted by Crippen LogP contribution is 2.46. The van der Waals surface area contributed by atoms with Crippen LogP contribution in [0.1, 0.15) is 78.0 Å². The molecule has 22 heavy (non-hydrogen) atoms. The smallest absolute Gasteiger partial charge is 0.189 e. The fourth-order valence-electron chi connectivity index (χ4n) is 2.79. The third kappa shape index (κ3) is 4.76. The molecule has 0 amide bonds. The van der Waals surface area contributed by atoms with Crippen LogP contribution < -0.4 is 5.30 Å². The van der Waals surface area contributed by atoms with Crippen molar-refractivity contribution in [2.75, 3.05) is 0 Å². The largest absolute Gasteiger partial charge is 0.440 e. The van der Waals surface area contributed by atoms with Gasteiger partial charge in [-0.3, -0.25) is 0 Å². The van der Waals surface area contributed by atoms with Crippen LogP contribution in [0.15, 0.2) is 12.1 Å². The van der Waals surface area contributed by atoms with Gasteiger partial charge in [-0.15, -0.1) is 0 Å². The van der Waals surface area contributed by atoms with Gasteiger partial charge in [-0.25, -0.2) is 0 Å². The van der Waals surface area contributed by atoms with Crippen molar-refractivity contribution in [2.45, 2.75) is 78.6 Å². The van der Waals surface area contributed by atoms with E-state index in [2.05, 4.69) is 48.5 Å². The zero-order valence-corrected chi connectivity index (χ0v) is 16.0. The van der Waals surface area contributed by atoms with Gasteiger partial charge in [-0.05, 0) is 52.5 Å². The minimum absolute atomic E-state index is 0.117. The lowest BCUT2D eigenvalue weighted by Crippen LogP contribution is -2.26. The lowest BCUT2D eigenvalue weighted by atomic mass is 9.75. The third-order valence-corrected chi connectivity index (χ3v) is 4.93. The number of benzene rings is 1. The SMILES string of the molecule is CCCCc1c(C(C)(C)C)cc([P+](O)(O)O)cc1C(C)(C)C. The van der Waals surface area contributed by atoms with E-state index >= 15 is 0 Å². The van der Waals surface area contributed by atoms with E-state index in [1.807, 2.05) is 0 Å². The van der Waals surface area contributed by atoms with Crippen LogP contribution in [0.25, 0.3) is 0 Å². The highest BCUT2D eigenvalue weighted by molar-refractivity contribution is 7.66. The van der Waals surface area contributed by atoms with Crippen molar-refractivity contribution in [3.8, 4) is 0 Å². The first-order valence-electron chi connectivity index (χ1n) is 8.04. The van der Waals surface area contributed by atoms with Gasteiger partial charge in [0.1, 0.15) is 0 Å². The molecule has 4 heteroatoms. The summed E-state index contributed by atoms with van der Waals surface area (Å²) in [5.74, 6) is 0. The normalized spacial score (nSPS) is 13.5. The summed E-state index contributed by atoms with van der Waals surface area (Å²) in [6.07, 6.45) is 3.19. The van der Waals surface area contributed by atoms with Crippen molar-refractivity contribution < 1.29 is 14.7 Å². The zero-order chi connectivity index (χ0) is 17.3. The molecule has 3 N–H and O–H groups in total. The van der Waals surface area contributed by atoms with E-state index in [9.17, 15) is 14.7 Å². The van der Waals surface area contributed by atoms with Crippen molar-refractivity contribution in [3.63, 3.8) is 0 Å². The van der Waals surface area contributed by atoms with Crippen molar-refractivity contribution in [2.24, 2.45) is 0 Å². The molecule has 126 valence electrons. The number of hydrogen-bond acceptors (Lipinski definition) is 3. The highest BCUT2D eigenvalue weighted by Gasteiger charge is 2.38. The Morgan fingerprint density at radius 1 is 0.864 bits per heavy atom. The van der Waals surface area contributed by atoms with Crippen LogP contribution in [0.4, 0.5) is 0 Å². The molecule has 1 rings (SSSR count). The van der Waals surface area contributed by atoms with Gasteiger partial charge < -0.3 is 0 Å². The topological polar surface area (TPSA) is 60.7 Å². The Morgan fingerprint density at radius 3 is 1.55 bits per heavy atom. The monoisotopic (exact) mass is 327 g/mol. The Labute approximate surface area is 136 Å². The molecule has 0 saturated heterocycles. The van der Waals surface area contributed by atoms with Crippen molar-refractivity contribution in [1.29, 1.82) is 0 Å². The average molecular weight is 327 g/mol. The third-order valence-electron chi connectivity index (χ3n) is 3.98. The first-order chi connectivity index (χ1) is 9.78. The minimum Gasteiger partial charge on any atom is -0.189 e. The second kappa shape index (κ2) is 6.57. The number of hydrogen-bond donors (Lipinski definition) is 3. The second-order valence-electron chi connectivity index (χ2n) is 8.19. The van der Waals surface area contributed by atoms with E-state index in [4.69, 9.17) is 0 Å². The highest BCUT2D eigenvalue weighted by atomic mass is 31.2. The molecule has 3 nitrogen and oxygen atoms in total. The molecule has 1 aromatic carbocycles. The molecular weight excluding hydrogens is 295 g/mol. The van der Waals surface area contributed by atoms with E-state index in [1.54, 1.807) is 12.1 Å². The first-order valence-corrected chi connectivity index (χ1v) is 9.69. The Balaban J connectivity index is 3.70. The first kappa shape index (κ1) is 19.6. The van der Waals surface area contributed by atoms with Gasteiger partial charge in [0.2, 0.25) is 0 Å². The van der Waals surface area contributed by atoms with E-state index < -0.39 is 7.94 Å². The van der Waals surface area contributed by atoms with E-state index in [0.29, 0.717) is 0 Å². The summed E-state index contributed by atoms with van der Waals surface area (Å²) in [5, 5.41) is 0.252. The predicted molar refractivity (Wildman–Crippen MR) is 95.7 cm³/mol. The maximum atomic E-state index is 9.76. The second-order valence-corrected chi connectivity index (χ2v) is 9.84. The Kier molecular flexibility index (Phi) is 5.84. The average Bonchev–Trinajstić information content (AvgIpc) is 2.31. The molecule has 0 heterocycles. The van der Waals surface area contributed by atoms with Crippen LogP contribution in [-0.2, 0) is 17.3 Å². The van der Waals surface area contributed by atoms with Crippen LogP contribution in [0.3, 0.4) is 0 Å². The molecule has 0 fully saturated rings. The summed E-state index contributed by atoms with van der Waals surface area (Å²) in [6, 6.07) is 3.57. The molecule has 0 aliphatic heterocycles. The molecule has 0 spiro atoms. The quantitative estimate of drug-likeness (QED) is 0.733. The van der Waals surface area contributed by atoms with Crippen LogP contribution in [-0.4, -0.2) is 14.7 Å². The molecule has 0 radical (unpaired) electrons. The lowest BCUT2D eigenvalue weighted by Gasteiger charge is -2.30. The van der Waals surface area contributed by atoms with Gasteiger partial charge in [0.05, 0.1) is 0 Å². The Hall–Kier alpha value is -0.470. The molecule has 0 aliphatic rings. The maximum Gasteiger partial charge on any atom is 0.440 e. The summed E-state index contributed by atoms with van der Waals surface area (Å²) >= 11 is 0. The fourth-order valence-corrected chi connectivity index (χ4v) is 3.40. The fraction of sp³-hybridized carbons (Fsp3) is 0.667. The molecule has 0 bridgehead atoms. The maximum absolute atomic E-state index is 9.76. The van der Waals surface area contributed by atoms with Crippen LogP contribution in [0, 0.1) is 0 Å². The summed E-state index contributed by atoms with van der Waals surface area (Å²) < 4.78 is 0. The zero-order valence-electron chi connectivity index (χ0n) is 15.1. The molecule has 0 atom stereocenters. The molecule has 0 aliphatic carbocycles. The molecular formula is C18H32O3P+. The van der Waals surface area contributed by atoms with Gasteiger partial charge in [0.15, 0.2) is 5.30 Å². The number of rotatable bonds is 4. The van der Waals surface area contributed by atoms with E-state index in [0.717, 1.165) is 30.4 Å². The summed E-state index contributed by atoms with van der Waals surface area (Å²) in [5.41, 5.74) is 3.26. The lowest BCUT2D eigenvalue weighted by molar-refractivity contribution is 0.347. The van der Waals surface area contributed by atoms with Gasteiger partial charge in [-0.2, -0.15) is 14.7 Å². The van der Waals surface area contributed by atoms with E-state index in [1.165, 1.54) is 5.56 Å². The molecule has 1 aromatic rings. The van der Waals surface area contributed by atoms with Gasteiger partial charge >= 0.3 is 7.94 Å². The predicted octanol–water partition coefficient (Wildman–Crippen LogP) is 3.99. The molecule has 0 aromatic heterocycles.